The second kappa shape index (κ2) is 9.15. The van der Waals surface area contributed by atoms with E-state index in [4.69, 9.17) is 16.3 Å². The average Bonchev–Trinajstić information content (AvgIpc) is 3.26. The van der Waals surface area contributed by atoms with Gasteiger partial charge in [-0.2, -0.15) is 0 Å². The van der Waals surface area contributed by atoms with Gasteiger partial charge in [0.25, 0.3) is 0 Å². The molecule has 1 amide bonds. The van der Waals surface area contributed by atoms with Gasteiger partial charge in [0.05, 0.1) is 5.41 Å². The zero-order valence-corrected chi connectivity index (χ0v) is 18.8. The Morgan fingerprint density at radius 2 is 1.58 bits per heavy atom. The van der Waals surface area contributed by atoms with Crippen LogP contribution in [0, 0.1) is 13.8 Å². The van der Waals surface area contributed by atoms with E-state index >= 15 is 0 Å². The molecular weight excluding hydrogens is 406 g/mol. The van der Waals surface area contributed by atoms with Gasteiger partial charge in [0.1, 0.15) is 12.4 Å². The first kappa shape index (κ1) is 21.5. The van der Waals surface area contributed by atoms with Gasteiger partial charge in [0, 0.05) is 10.7 Å². The lowest BCUT2D eigenvalue weighted by Crippen LogP contribution is -2.38. The molecule has 1 N–H and O–H groups in total. The third kappa shape index (κ3) is 4.62. The summed E-state index contributed by atoms with van der Waals surface area (Å²) in [5.74, 6) is 0.930. The number of carbonyl (C=O) groups is 1. The molecule has 31 heavy (non-hydrogen) atoms. The fourth-order valence-corrected chi connectivity index (χ4v) is 4.75. The van der Waals surface area contributed by atoms with E-state index in [0.717, 1.165) is 59.4 Å². The zero-order chi connectivity index (χ0) is 21.8. The Labute approximate surface area is 189 Å². The number of benzene rings is 3. The molecule has 3 nitrogen and oxygen atoms in total. The van der Waals surface area contributed by atoms with Gasteiger partial charge in [-0.05, 0) is 73.2 Å². The van der Waals surface area contributed by atoms with Crippen molar-refractivity contribution in [2.45, 2.75) is 51.6 Å². The van der Waals surface area contributed by atoms with Crippen molar-refractivity contribution >= 4 is 23.2 Å². The Kier molecular flexibility index (Phi) is 6.33. The minimum absolute atomic E-state index is 0.0593. The third-order valence-electron chi connectivity index (χ3n) is 6.23. The summed E-state index contributed by atoms with van der Waals surface area (Å²) in [7, 11) is 0. The first-order valence-electron chi connectivity index (χ1n) is 10.8. The van der Waals surface area contributed by atoms with Crippen molar-refractivity contribution in [1.82, 2.24) is 0 Å². The summed E-state index contributed by atoms with van der Waals surface area (Å²) in [5, 5.41) is 3.88. The van der Waals surface area contributed by atoms with Crippen molar-refractivity contribution in [1.29, 1.82) is 0 Å². The highest BCUT2D eigenvalue weighted by molar-refractivity contribution is 6.30. The molecule has 1 aliphatic carbocycles. The monoisotopic (exact) mass is 433 g/mol. The number of halogens is 1. The normalized spacial score (nSPS) is 14.9. The Balaban J connectivity index is 1.53. The lowest BCUT2D eigenvalue weighted by Gasteiger charge is -2.28. The molecule has 0 unspecified atom stereocenters. The number of carbonyl (C=O) groups excluding carboxylic acids is 1. The van der Waals surface area contributed by atoms with Crippen LogP contribution in [-0.2, 0) is 16.8 Å². The molecule has 1 aliphatic rings. The number of aryl methyl sites for hydroxylation is 2. The highest BCUT2D eigenvalue weighted by Crippen LogP contribution is 2.42. The molecule has 0 saturated heterocycles. The maximum Gasteiger partial charge on any atom is 0.235 e. The summed E-state index contributed by atoms with van der Waals surface area (Å²) in [5.41, 5.74) is 4.52. The van der Waals surface area contributed by atoms with Crippen LogP contribution in [0.4, 0.5) is 5.69 Å². The van der Waals surface area contributed by atoms with E-state index in [-0.39, 0.29) is 5.91 Å². The highest BCUT2D eigenvalue weighted by Gasteiger charge is 2.42. The van der Waals surface area contributed by atoms with Crippen molar-refractivity contribution < 1.29 is 9.53 Å². The van der Waals surface area contributed by atoms with Crippen molar-refractivity contribution in [3.63, 3.8) is 0 Å². The van der Waals surface area contributed by atoms with Crippen LogP contribution < -0.4 is 10.1 Å². The summed E-state index contributed by atoms with van der Waals surface area (Å²) in [6, 6.07) is 21.8. The predicted octanol–water partition coefficient (Wildman–Crippen LogP) is 6.99. The maximum absolute atomic E-state index is 13.5. The SMILES string of the molecule is Cc1cc(NC(=O)C2(c3ccc(Cl)cc3)CCCC2)cc(C)c1OCc1ccccc1. The number of hydrogen-bond donors (Lipinski definition) is 1. The minimum atomic E-state index is -0.491. The first-order valence-corrected chi connectivity index (χ1v) is 11.2. The van der Waals surface area contributed by atoms with Crippen LogP contribution in [-0.4, -0.2) is 5.91 Å². The van der Waals surface area contributed by atoms with Gasteiger partial charge in [-0.15, -0.1) is 0 Å². The fourth-order valence-electron chi connectivity index (χ4n) is 4.62. The Bertz CT molecular complexity index is 1030. The van der Waals surface area contributed by atoms with Crippen LogP contribution in [0.2, 0.25) is 5.02 Å². The van der Waals surface area contributed by atoms with Gasteiger partial charge >= 0.3 is 0 Å². The number of nitrogens with one attached hydrogen (secondary N) is 1. The molecule has 160 valence electrons. The molecule has 0 heterocycles. The van der Waals surface area contributed by atoms with Crippen molar-refractivity contribution in [3.05, 3.63) is 94.0 Å². The zero-order valence-electron chi connectivity index (χ0n) is 18.1. The van der Waals surface area contributed by atoms with E-state index in [1.807, 2.05) is 68.4 Å². The Morgan fingerprint density at radius 3 is 2.19 bits per heavy atom. The maximum atomic E-state index is 13.5. The standard InChI is InChI=1S/C27H28ClNO2/c1-19-16-24(17-20(2)25(19)31-18-21-8-4-3-5-9-21)29-26(30)27(14-6-7-15-27)22-10-12-23(28)13-11-22/h3-5,8-13,16-17H,6-7,14-15,18H2,1-2H3,(H,29,30). The summed E-state index contributed by atoms with van der Waals surface area (Å²) >= 11 is 6.08. The second-order valence-corrected chi connectivity index (χ2v) is 8.90. The molecule has 0 aliphatic heterocycles. The number of anilines is 1. The van der Waals surface area contributed by atoms with Gasteiger partial charge in [-0.3, -0.25) is 4.79 Å². The molecule has 4 rings (SSSR count). The first-order chi connectivity index (χ1) is 15.0. The van der Waals surface area contributed by atoms with Crippen LogP contribution in [0.15, 0.2) is 66.7 Å². The number of amides is 1. The molecule has 0 atom stereocenters. The smallest absolute Gasteiger partial charge is 0.235 e. The third-order valence-corrected chi connectivity index (χ3v) is 6.48. The molecule has 4 heteroatoms. The summed E-state index contributed by atoms with van der Waals surface area (Å²) in [4.78, 5) is 13.5. The van der Waals surface area contributed by atoms with Crippen LogP contribution in [0.25, 0.3) is 0 Å². The van der Waals surface area contributed by atoms with Gasteiger partial charge in [0.15, 0.2) is 0 Å². The molecule has 0 radical (unpaired) electrons. The van der Waals surface area contributed by atoms with Gasteiger partial charge in [-0.1, -0.05) is 66.9 Å². The van der Waals surface area contributed by atoms with Crippen molar-refractivity contribution in [2.75, 3.05) is 5.32 Å². The number of rotatable bonds is 6. The molecule has 3 aromatic rings. The second-order valence-electron chi connectivity index (χ2n) is 8.46. The molecule has 1 saturated carbocycles. The molecule has 0 bridgehead atoms. The quantitative estimate of drug-likeness (QED) is 0.455. The van der Waals surface area contributed by atoms with Crippen LogP contribution >= 0.6 is 11.6 Å². The fraction of sp³-hybridized carbons (Fsp3) is 0.296. The Morgan fingerprint density at radius 1 is 0.968 bits per heavy atom. The van der Waals surface area contributed by atoms with E-state index in [9.17, 15) is 4.79 Å². The minimum Gasteiger partial charge on any atom is -0.488 e. The lowest BCUT2D eigenvalue weighted by atomic mass is 9.78. The van der Waals surface area contributed by atoms with E-state index < -0.39 is 5.41 Å². The molecule has 0 spiro atoms. The van der Waals surface area contributed by atoms with Gasteiger partial charge in [-0.25, -0.2) is 0 Å². The number of hydrogen-bond acceptors (Lipinski definition) is 2. The molecule has 0 aromatic heterocycles. The van der Waals surface area contributed by atoms with Crippen LogP contribution in [0.3, 0.4) is 0 Å². The summed E-state index contributed by atoms with van der Waals surface area (Å²) in [6.07, 6.45) is 3.83. The largest absolute Gasteiger partial charge is 0.488 e. The van der Waals surface area contributed by atoms with E-state index in [1.54, 1.807) is 0 Å². The average molecular weight is 434 g/mol. The Hall–Kier alpha value is -2.78. The molecule has 1 fully saturated rings. The van der Waals surface area contributed by atoms with E-state index in [1.165, 1.54) is 0 Å². The van der Waals surface area contributed by atoms with Gasteiger partial charge in [0.2, 0.25) is 5.91 Å². The van der Waals surface area contributed by atoms with Gasteiger partial charge < -0.3 is 10.1 Å². The van der Waals surface area contributed by atoms with Crippen LogP contribution in [0.1, 0.15) is 47.9 Å². The lowest BCUT2D eigenvalue weighted by molar-refractivity contribution is -0.121. The topological polar surface area (TPSA) is 38.3 Å². The highest BCUT2D eigenvalue weighted by atomic mass is 35.5. The number of ether oxygens (including phenoxy) is 1. The van der Waals surface area contributed by atoms with Crippen molar-refractivity contribution in [2.24, 2.45) is 0 Å². The molecule has 3 aromatic carbocycles. The van der Waals surface area contributed by atoms with E-state index in [2.05, 4.69) is 17.4 Å². The molecular formula is C27H28ClNO2. The van der Waals surface area contributed by atoms with Crippen LogP contribution in [0.5, 0.6) is 5.75 Å². The van der Waals surface area contributed by atoms with Crippen molar-refractivity contribution in [3.8, 4) is 5.75 Å². The summed E-state index contributed by atoms with van der Waals surface area (Å²) in [6.45, 7) is 4.56. The summed E-state index contributed by atoms with van der Waals surface area (Å²) < 4.78 is 6.09. The predicted molar refractivity (Wildman–Crippen MR) is 127 cm³/mol. The van der Waals surface area contributed by atoms with E-state index in [0.29, 0.717) is 11.6 Å².